The molecule has 1 aliphatic heterocycles. The highest BCUT2D eigenvalue weighted by atomic mass is 16.5. The van der Waals surface area contributed by atoms with Crippen LogP contribution in [-0.4, -0.2) is 62.2 Å². The van der Waals surface area contributed by atoms with E-state index in [0.29, 0.717) is 6.54 Å². The van der Waals surface area contributed by atoms with Gasteiger partial charge in [-0.15, -0.1) is 0 Å². The fourth-order valence-corrected chi connectivity index (χ4v) is 4.31. The van der Waals surface area contributed by atoms with E-state index >= 15 is 0 Å². The second-order valence-corrected chi connectivity index (χ2v) is 7.98. The topological polar surface area (TPSA) is 44.8 Å². The maximum Gasteiger partial charge on any atom is 0.317 e. The third kappa shape index (κ3) is 6.42. The molecule has 0 atom stereocenters. The lowest BCUT2D eigenvalue weighted by molar-refractivity contribution is 0.190. The van der Waals surface area contributed by atoms with Crippen molar-refractivity contribution in [2.24, 2.45) is 5.92 Å². The zero-order chi connectivity index (χ0) is 18.9. The van der Waals surface area contributed by atoms with E-state index in [4.69, 9.17) is 4.74 Å². The monoisotopic (exact) mass is 373 g/mol. The summed E-state index contributed by atoms with van der Waals surface area (Å²) in [5, 5.41) is 3.09. The Balaban J connectivity index is 1.36. The number of methoxy groups -OCH3 is 1. The Morgan fingerprint density at radius 2 is 1.81 bits per heavy atom. The van der Waals surface area contributed by atoms with Crippen molar-refractivity contribution >= 4 is 6.03 Å². The number of carbonyl (C=O) groups is 1. The van der Waals surface area contributed by atoms with E-state index in [1.165, 1.54) is 44.2 Å². The van der Waals surface area contributed by atoms with Crippen LogP contribution in [0.5, 0.6) is 5.75 Å². The summed E-state index contributed by atoms with van der Waals surface area (Å²) >= 11 is 0. The van der Waals surface area contributed by atoms with Crippen molar-refractivity contribution in [1.29, 1.82) is 0 Å². The van der Waals surface area contributed by atoms with Crippen molar-refractivity contribution in [3.8, 4) is 5.75 Å². The number of rotatable bonds is 6. The molecular weight excluding hydrogens is 338 g/mol. The molecule has 1 heterocycles. The first-order chi connectivity index (χ1) is 13.2. The number of nitrogens with zero attached hydrogens (tertiary/aromatic N) is 2. The molecule has 5 heteroatoms. The summed E-state index contributed by atoms with van der Waals surface area (Å²) in [5.74, 6) is 1.74. The molecule has 0 bridgehead atoms. The van der Waals surface area contributed by atoms with E-state index in [-0.39, 0.29) is 6.03 Å². The lowest BCUT2D eigenvalue weighted by Crippen LogP contribution is -2.43. The van der Waals surface area contributed by atoms with Gasteiger partial charge in [0, 0.05) is 32.7 Å². The molecule has 1 saturated carbocycles. The summed E-state index contributed by atoms with van der Waals surface area (Å²) in [6, 6.07) is 8.13. The normalized spacial score (nSPS) is 19.5. The summed E-state index contributed by atoms with van der Waals surface area (Å²) in [5.41, 5.74) is 1.21. The van der Waals surface area contributed by atoms with E-state index in [1.54, 1.807) is 7.11 Å². The van der Waals surface area contributed by atoms with Crippen molar-refractivity contribution in [1.82, 2.24) is 15.1 Å². The van der Waals surface area contributed by atoms with Gasteiger partial charge in [0.1, 0.15) is 5.75 Å². The number of nitrogens with one attached hydrogen (secondary N) is 1. The molecule has 0 radical (unpaired) electrons. The van der Waals surface area contributed by atoms with E-state index in [0.717, 1.165) is 50.7 Å². The van der Waals surface area contributed by atoms with E-state index in [1.807, 2.05) is 17.0 Å². The maximum absolute atomic E-state index is 12.5. The molecule has 2 amide bonds. The number of ether oxygens (including phenoxy) is 1. The Bertz CT molecular complexity index is 569. The van der Waals surface area contributed by atoms with Gasteiger partial charge in [-0.1, -0.05) is 31.4 Å². The van der Waals surface area contributed by atoms with Gasteiger partial charge in [-0.25, -0.2) is 4.79 Å². The van der Waals surface area contributed by atoms with Crippen molar-refractivity contribution in [2.75, 3.05) is 46.4 Å². The van der Waals surface area contributed by atoms with Crippen LogP contribution in [0.25, 0.3) is 0 Å². The zero-order valence-electron chi connectivity index (χ0n) is 16.8. The first-order valence-electron chi connectivity index (χ1n) is 10.6. The van der Waals surface area contributed by atoms with Gasteiger partial charge in [-0.3, -0.25) is 0 Å². The quantitative estimate of drug-likeness (QED) is 0.830. The van der Waals surface area contributed by atoms with Crippen molar-refractivity contribution in [3.63, 3.8) is 0 Å². The number of urea groups is 1. The second-order valence-electron chi connectivity index (χ2n) is 7.98. The van der Waals surface area contributed by atoms with Gasteiger partial charge in [0.15, 0.2) is 0 Å². The van der Waals surface area contributed by atoms with Crippen molar-refractivity contribution < 1.29 is 9.53 Å². The van der Waals surface area contributed by atoms with Gasteiger partial charge >= 0.3 is 6.03 Å². The standard InChI is InChI=1S/C22H35N3O2/c1-27-21-10-8-19(9-11-21)12-13-23-22(26)25-15-5-14-24(16-17-25)18-20-6-3-2-4-7-20/h8-11,20H,2-7,12-18H2,1H3,(H,23,26). The van der Waals surface area contributed by atoms with E-state index < -0.39 is 0 Å². The highest BCUT2D eigenvalue weighted by Crippen LogP contribution is 2.24. The summed E-state index contributed by atoms with van der Waals surface area (Å²) in [7, 11) is 1.67. The van der Waals surface area contributed by atoms with Gasteiger partial charge in [0.2, 0.25) is 0 Å². The number of hydrogen-bond acceptors (Lipinski definition) is 3. The van der Waals surface area contributed by atoms with Crippen LogP contribution in [0.3, 0.4) is 0 Å². The average molecular weight is 374 g/mol. The summed E-state index contributed by atoms with van der Waals surface area (Å²) < 4.78 is 5.18. The van der Waals surface area contributed by atoms with Crippen LogP contribution >= 0.6 is 0 Å². The lowest BCUT2D eigenvalue weighted by atomic mass is 9.89. The van der Waals surface area contributed by atoms with E-state index in [2.05, 4.69) is 22.3 Å². The molecule has 1 N–H and O–H groups in total. The van der Waals surface area contributed by atoms with Crippen LogP contribution in [-0.2, 0) is 6.42 Å². The molecule has 1 aliphatic carbocycles. The molecular formula is C22H35N3O2. The molecule has 0 aromatic heterocycles. The highest BCUT2D eigenvalue weighted by Gasteiger charge is 2.22. The molecule has 2 fully saturated rings. The summed E-state index contributed by atoms with van der Waals surface area (Å²) in [4.78, 5) is 17.1. The van der Waals surface area contributed by atoms with E-state index in [9.17, 15) is 4.79 Å². The molecule has 2 aliphatic rings. The molecule has 3 rings (SSSR count). The molecule has 1 aromatic rings. The largest absolute Gasteiger partial charge is 0.497 e. The van der Waals surface area contributed by atoms with Gasteiger partial charge in [-0.2, -0.15) is 0 Å². The predicted molar refractivity (Wildman–Crippen MR) is 109 cm³/mol. The zero-order valence-corrected chi connectivity index (χ0v) is 16.8. The molecule has 5 nitrogen and oxygen atoms in total. The first kappa shape index (κ1) is 20.0. The minimum absolute atomic E-state index is 0.0861. The van der Waals surface area contributed by atoms with Crippen LogP contribution in [0.4, 0.5) is 4.79 Å². The molecule has 0 unspecified atom stereocenters. The lowest BCUT2D eigenvalue weighted by Gasteiger charge is -2.28. The fraction of sp³-hybridized carbons (Fsp3) is 0.682. The van der Waals surface area contributed by atoms with Gasteiger partial charge in [-0.05, 0) is 55.8 Å². The minimum atomic E-state index is 0.0861. The second kappa shape index (κ2) is 10.5. The van der Waals surface area contributed by atoms with Gasteiger partial charge < -0.3 is 19.9 Å². The Labute approximate surface area is 164 Å². The number of amides is 2. The Hall–Kier alpha value is -1.75. The molecule has 1 saturated heterocycles. The highest BCUT2D eigenvalue weighted by molar-refractivity contribution is 5.74. The summed E-state index contributed by atoms with van der Waals surface area (Å²) in [6.45, 7) is 5.77. The third-order valence-corrected chi connectivity index (χ3v) is 5.97. The SMILES string of the molecule is COc1ccc(CCNC(=O)N2CCCN(CC3CCCCC3)CC2)cc1. The molecule has 1 aromatic carbocycles. The Morgan fingerprint density at radius 3 is 2.56 bits per heavy atom. The van der Waals surface area contributed by atoms with Gasteiger partial charge in [0.05, 0.1) is 7.11 Å². The predicted octanol–water partition coefficient (Wildman–Crippen LogP) is 3.54. The number of carbonyl (C=O) groups excluding carboxylic acids is 1. The third-order valence-electron chi connectivity index (χ3n) is 5.97. The first-order valence-corrected chi connectivity index (χ1v) is 10.6. The van der Waals surface area contributed by atoms with Crippen molar-refractivity contribution in [3.05, 3.63) is 29.8 Å². The Kier molecular flexibility index (Phi) is 7.81. The fourth-order valence-electron chi connectivity index (χ4n) is 4.31. The Morgan fingerprint density at radius 1 is 1.04 bits per heavy atom. The van der Waals surface area contributed by atoms with Crippen LogP contribution in [0, 0.1) is 5.92 Å². The van der Waals surface area contributed by atoms with Crippen LogP contribution in [0.2, 0.25) is 0 Å². The number of hydrogen-bond donors (Lipinski definition) is 1. The minimum Gasteiger partial charge on any atom is -0.497 e. The maximum atomic E-state index is 12.5. The van der Waals surface area contributed by atoms with Crippen molar-refractivity contribution in [2.45, 2.75) is 44.9 Å². The van der Waals surface area contributed by atoms with Crippen LogP contribution < -0.4 is 10.1 Å². The summed E-state index contributed by atoms with van der Waals surface area (Å²) in [6.07, 6.45) is 8.94. The molecule has 27 heavy (non-hydrogen) atoms. The molecule has 0 spiro atoms. The smallest absolute Gasteiger partial charge is 0.317 e. The van der Waals surface area contributed by atoms with Crippen LogP contribution in [0.15, 0.2) is 24.3 Å². The average Bonchev–Trinajstić information content (AvgIpc) is 2.95. The van der Waals surface area contributed by atoms with Gasteiger partial charge in [0.25, 0.3) is 0 Å². The van der Waals surface area contributed by atoms with Crippen LogP contribution in [0.1, 0.15) is 44.1 Å². The number of benzene rings is 1. The molecule has 150 valence electrons.